The maximum absolute atomic E-state index is 12.8. The van der Waals surface area contributed by atoms with E-state index in [4.69, 9.17) is 14.3 Å². The minimum Gasteiger partial charge on any atom is -0.465 e. The van der Waals surface area contributed by atoms with Gasteiger partial charge >= 0.3 is 12.1 Å². The number of rotatable bonds is 5. The van der Waals surface area contributed by atoms with E-state index in [-0.39, 0.29) is 18.7 Å². The number of esters is 1. The van der Waals surface area contributed by atoms with Gasteiger partial charge in [-0.05, 0) is 23.3 Å². The Morgan fingerprint density at radius 1 is 1.07 bits per heavy atom. The van der Waals surface area contributed by atoms with E-state index in [9.17, 15) is 9.59 Å². The summed E-state index contributed by atoms with van der Waals surface area (Å²) in [7, 11) is 2.85. The first-order valence-corrected chi connectivity index (χ1v) is 9.37. The third-order valence-electron chi connectivity index (χ3n) is 4.82. The van der Waals surface area contributed by atoms with E-state index < -0.39 is 5.97 Å². The molecular formula is C22H24N2O5. The number of methoxy groups -OCH3 is 1. The fourth-order valence-electron chi connectivity index (χ4n) is 3.33. The average molecular weight is 396 g/mol. The minimum atomic E-state index is -0.402. The van der Waals surface area contributed by atoms with Crippen molar-refractivity contribution < 1.29 is 23.9 Å². The van der Waals surface area contributed by atoms with Gasteiger partial charge in [0.15, 0.2) is 0 Å². The quantitative estimate of drug-likeness (QED) is 0.565. The lowest BCUT2D eigenvalue weighted by Crippen LogP contribution is -2.41. The van der Waals surface area contributed by atoms with E-state index in [1.54, 1.807) is 17.0 Å². The largest absolute Gasteiger partial charge is 0.465 e. The first-order valence-electron chi connectivity index (χ1n) is 9.37. The number of carbonyl (C=O) groups is 2. The molecule has 2 aromatic carbocycles. The molecule has 7 nitrogen and oxygen atoms in total. The fourth-order valence-corrected chi connectivity index (χ4v) is 3.33. The Kier molecular flexibility index (Phi) is 6.84. The fraction of sp³-hybridized carbons (Fsp3) is 0.318. The minimum absolute atomic E-state index is 0.211. The summed E-state index contributed by atoms with van der Waals surface area (Å²) in [5, 5.41) is 4.07. The highest BCUT2D eigenvalue weighted by atomic mass is 16.6. The molecule has 29 heavy (non-hydrogen) atoms. The molecule has 0 bridgehead atoms. The van der Waals surface area contributed by atoms with Crippen LogP contribution in [0.25, 0.3) is 0 Å². The predicted octanol–water partition coefficient (Wildman–Crippen LogP) is 3.95. The Bertz CT molecular complexity index is 865. The van der Waals surface area contributed by atoms with Crippen molar-refractivity contribution in [2.75, 3.05) is 20.8 Å². The van der Waals surface area contributed by atoms with Gasteiger partial charge in [-0.25, -0.2) is 9.59 Å². The Morgan fingerprint density at radius 2 is 1.79 bits per heavy atom. The first-order chi connectivity index (χ1) is 14.1. The van der Waals surface area contributed by atoms with Crippen LogP contribution in [-0.4, -0.2) is 43.4 Å². The van der Waals surface area contributed by atoms with Crippen LogP contribution in [0.4, 0.5) is 4.79 Å². The zero-order valence-electron chi connectivity index (χ0n) is 16.5. The predicted molar refractivity (Wildman–Crippen MR) is 108 cm³/mol. The highest BCUT2D eigenvalue weighted by Gasteiger charge is 2.32. The van der Waals surface area contributed by atoms with Crippen molar-refractivity contribution in [1.29, 1.82) is 0 Å². The molecule has 0 unspecified atom stereocenters. The van der Waals surface area contributed by atoms with Gasteiger partial charge in [0.05, 0.1) is 24.4 Å². The van der Waals surface area contributed by atoms with Crippen LogP contribution in [0, 0.1) is 0 Å². The maximum Gasteiger partial charge on any atom is 0.410 e. The molecule has 7 heteroatoms. The van der Waals surface area contributed by atoms with Gasteiger partial charge in [0.2, 0.25) is 0 Å². The molecule has 1 fully saturated rings. The molecule has 0 spiro atoms. The molecule has 0 aliphatic carbocycles. The molecule has 152 valence electrons. The lowest BCUT2D eigenvalue weighted by Gasteiger charge is -2.35. The van der Waals surface area contributed by atoms with E-state index >= 15 is 0 Å². The van der Waals surface area contributed by atoms with Crippen molar-refractivity contribution in [2.24, 2.45) is 5.16 Å². The first kappa shape index (κ1) is 20.4. The normalized spacial score (nSPS) is 17.7. The number of ether oxygens (including phenoxy) is 2. The number of benzene rings is 2. The number of piperidine rings is 1. The molecular weight excluding hydrogens is 372 g/mol. The number of carbonyl (C=O) groups excluding carboxylic acids is 2. The van der Waals surface area contributed by atoms with Gasteiger partial charge in [-0.2, -0.15) is 0 Å². The van der Waals surface area contributed by atoms with Crippen molar-refractivity contribution in [2.45, 2.75) is 25.5 Å². The molecule has 0 saturated carbocycles. The average Bonchev–Trinajstić information content (AvgIpc) is 2.78. The van der Waals surface area contributed by atoms with E-state index in [0.717, 1.165) is 16.8 Å². The number of amides is 1. The second-order valence-electron chi connectivity index (χ2n) is 6.66. The third kappa shape index (κ3) is 5.13. The van der Waals surface area contributed by atoms with Crippen LogP contribution < -0.4 is 0 Å². The van der Waals surface area contributed by atoms with Gasteiger partial charge in [-0.15, -0.1) is 0 Å². The van der Waals surface area contributed by atoms with E-state index in [1.165, 1.54) is 14.2 Å². The molecule has 1 amide bonds. The smallest absolute Gasteiger partial charge is 0.410 e. The molecule has 1 aliphatic heterocycles. The third-order valence-corrected chi connectivity index (χ3v) is 4.82. The van der Waals surface area contributed by atoms with Crippen molar-refractivity contribution in [3.05, 3.63) is 71.3 Å². The number of nitrogens with zero attached hydrogens (tertiary/aromatic N) is 2. The van der Waals surface area contributed by atoms with Crippen LogP contribution in [0.15, 0.2) is 59.8 Å². The summed E-state index contributed by atoms with van der Waals surface area (Å²) < 4.78 is 10.3. The van der Waals surface area contributed by atoms with Gasteiger partial charge in [-0.1, -0.05) is 47.6 Å². The van der Waals surface area contributed by atoms with Crippen LogP contribution in [0.1, 0.15) is 40.4 Å². The molecule has 0 N–H and O–H groups in total. The summed E-state index contributed by atoms with van der Waals surface area (Å²) in [5.41, 5.74) is 3.15. The van der Waals surface area contributed by atoms with Crippen molar-refractivity contribution in [1.82, 2.24) is 4.90 Å². The Labute approximate surface area is 169 Å². The van der Waals surface area contributed by atoms with Gasteiger partial charge in [0.1, 0.15) is 13.7 Å². The standard InChI is InChI=1S/C22H24N2O5/c1-27-21(25)18-10-8-17(9-11-18)20-14-19(23-28-2)12-13-24(20)22(26)29-15-16-6-4-3-5-7-16/h3-11,20H,12-15H2,1-2H3/t20-/m0/s1. The Morgan fingerprint density at radius 3 is 2.45 bits per heavy atom. The number of hydrogen-bond acceptors (Lipinski definition) is 6. The molecule has 0 radical (unpaired) electrons. The molecule has 1 saturated heterocycles. The zero-order valence-corrected chi connectivity index (χ0v) is 16.5. The molecule has 0 aromatic heterocycles. The summed E-state index contributed by atoms with van der Waals surface area (Å²) in [6.07, 6.45) is 0.768. The molecule has 3 rings (SSSR count). The lowest BCUT2D eigenvalue weighted by atomic mass is 9.93. The summed E-state index contributed by atoms with van der Waals surface area (Å²) >= 11 is 0. The molecule has 2 aromatic rings. The van der Waals surface area contributed by atoms with Crippen molar-refractivity contribution >= 4 is 17.8 Å². The zero-order chi connectivity index (χ0) is 20.6. The summed E-state index contributed by atoms with van der Waals surface area (Å²) in [6, 6.07) is 16.3. The van der Waals surface area contributed by atoms with Crippen LogP contribution in [0.2, 0.25) is 0 Å². The topological polar surface area (TPSA) is 77.4 Å². The van der Waals surface area contributed by atoms with E-state index in [0.29, 0.717) is 24.9 Å². The van der Waals surface area contributed by atoms with E-state index in [2.05, 4.69) is 5.16 Å². The number of hydrogen-bond donors (Lipinski definition) is 0. The molecule has 1 heterocycles. The maximum atomic E-state index is 12.8. The Hall–Kier alpha value is -3.35. The SMILES string of the molecule is CON=C1CCN(C(=O)OCc2ccccc2)[C@H](c2ccc(C(=O)OC)cc2)C1. The van der Waals surface area contributed by atoms with Crippen LogP contribution in [-0.2, 0) is 20.9 Å². The van der Waals surface area contributed by atoms with Gasteiger partial charge < -0.3 is 19.2 Å². The van der Waals surface area contributed by atoms with Crippen LogP contribution in [0.5, 0.6) is 0 Å². The number of likely N-dealkylation sites (tertiary alicyclic amines) is 1. The lowest BCUT2D eigenvalue weighted by molar-refractivity contribution is 0.0599. The monoisotopic (exact) mass is 396 g/mol. The van der Waals surface area contributed by atoms with Gasteiger partial charge in [0, 0.05) is 19.4 Å². The number of oxime groups is 1. The van der Waals surface area contributed by atoms with Crippen molar-refractivity contribution in [3.63, 3.8) is 0 Å². The summed E-state index contributed by atoms with van der Waals surface area (Å²) in [4.78, 5) is 31.1. The summed E-state index contributed by atoms with van der Waals surface area (Å²) in [6.45, 7) is 0.683. The van der Waals surface area contributed by atoms with Gasteiger partial charge in [-0.3, -0.25) is 0 Å². The van der Waals surface area contributed by atoms with Crippen molar-refractivity contribution in [3.8, 4) is 0 Å². The Balaban J connectivity index is 1.77. The van der Waals surface area contributed by atoms with Crippen LogP contribution in [0.3, 0.4) is 0 Å². The second kappa shape index (κ2) is 9.73. The second-order valence-corrected chi connectivity index (χ2v) is 6.66. The highest BCUT2D eigenvalue weighted by molar-refractivity contribution is 5.89. The summed E-state index contributed by atoms with van der Waals surface area (Å²) in [5.74, 6) is -0.402. The van der Waals surface area contributed by atoms with Crippen LogP contribution >= 0.6 is 0 Å². The van der Waals surface area contributed by atoms with E-state index in [1.807, 2.05) is 42.5 Å². The highest BCUT2D eigenvalue weighted by Crippen LogP contribution is 2.31. The molecule has 1 aliphatic rings. The molecule has 1 atom stereocenters. The van der Waals surface area contributed by atoms with Gasteiger partial charge in [0.25, 0.3) is 0 Å².